The summed E-state index contributed by atoms with van der Waals surface area (Å²) in [5.41, 5.74) is 23.2. The van der Waals surface area contributed by atoms with Crippen LogP contribution in [0.5, 0.6) is 0 Å². The maximum atomic E-state index is 2.48. The van der Waals surface area contributed by atoms with Crippen LogP contribution in [0.2, 0.25) is 0 Å². The van der Waals surface area contributed by atoms with Crippen molar-refractivity contribution in [2.75, 3.05) is 0 Å². The van der Waals surface area contributed by atoms with E-state index >= 15 is 0 Å². The van der Waals surface area contributed by atoms with E-state index in [0.29, 0.717) is 0 Å². The summed E-state index contributed by atoms with van der Waals surface area (Å²) in [7, 11) is 0. The Morgan fingerprint density at radius 1 is 0.306 bits per heavy atom. The molecule has 0 fully saturated rings. The molecular formula is C60H44N2. The first kappa shape index (κ1) is 35.3. The minimum atomic E-state index is -0.187. The molecule has 2 aromatic heterocycles. The molecule has 0 amide bonds. The van der Waals surface area contributed by atoms with Gasteiger partial charge < -0.3 is 9.13 Å². The van der Waals surface area contributed by atoms with Crippen LogP contribution in [0.3, 0.4) is 0 Å². The lowest BCUT2D eigenvalue weighted by atomic mass is 9.77. The van der Waals surface area contributed by atoms with Crippen LogP contribution in [0.1, 0.15) is 49.9 Å². The summed E-state index contributed by atoms with van der Waals surface area (Å²) in [6, 6.07) is 72.4. The Labute approximate surface area is 362 Å². The van der Waals surface area contributed by atoms with Gasteiger partial charge >= 0.3 is 0 Å². The van der Waals surface area contributed by atoms with Crippen LogP contribution >= 0.6 is 0 Å². The fourth-order valence-electron chi connectivity index (χ4n) is 11.5. The topological polar surface area (TPSA) is 9.86 Å². The molecule has 2 heterocycles. The molecule has 9 aromatic carbocycles. The van der Waals surface area contributed by atoms with Crippen LogP contribution in [0, 0.1) is 0 Å². The molecule has 2 aliphatic carbocycles. The smallest absolute Gasteiger partial charge is 0.0541 e. The zero-order valence-electron chi connectivity index (χ0n) is 35.4. The molecule has 62 heavy (non-hydrogen) atoms. The molecule has 0 spiro atoms. The van der Waals surface area contributed by atoms with Crippen LogP contribution in [0.25, 0.3) is 99.5 Å². The Balaban J connectivity index is 0.908. The number of para-hydroxylation sites is 4. The van der Waals surface area contributed by atoms with E-state index in [4.69, 9.17) is 0 Å². The molecule has 2 nitrogen and oxygen atoms in total. The first-order valence-corrected chi connectivity index (χ1v) is 21.9. The van der Waals surface area contributed by atoms with Gasteiger partial charge in [0.15, 0.2) is 0 Å². The molecule has 0 aliphatic heterocycles. The first-order chi connectivity index (χ1) is 30.3. The number of nitrogens with zero attached hydrogens (tertiary/aromatic N) is 2. The van der Waals surface area contributed by atoms with Gasteiger partial charge in [-0.2, -0.15) is 0 Å². The largest absolute Gasteiger partial charge is 0.309 e. The molecule has 0 saturated heterocycles. The van der Waals surface area contributed by atoms with E-state index in [1.54, 1.807) is 0 Å². The lowest BCUT2D eigenvalue weighted by Gasteiger charge is -2.26. The van der Waals surface area contributed by atoms with Gasteiger partial charge in [-0.05, 0) is 140 Å². The third kappa shape index (κ3) is 4.75. The van der Waals surface area contributed by atoms with Crippen molar-refractivity contribution in [3.63, 3.8) is 0 Å². The second-order valence-electron chi connectivity index (χ2n) is 18.5. The van der Waals surface area contributed by atoms with E-state index < -0.39 is 0 Å². The number of rotatable bonds is 4. The molecule has 2 heteroatoms. The van der Waals surface area contributed by atoms with Gasteiger partial charge in [0, 0.05) is 43.7 Å². The van der Waals surface area contributed by atoms with Crippen molar-refractivity contribution in [2.24, 2.45) is 0 Å². The molecule has 13 rings (SSSR count). The quantitative estimate of drug-likeness (QED) is 0.168. The van der Waals surface area contributed by atoms with Crippen LogP contribution in [-0.4, -0.2) is 9.13 Å². The Hall–Kier alpha value is -7.42. The summed E-state index contributed by atoms with van der Waals surface area (Å²) in [6.45, 7) is 9.73. The van der Waals surface area contributed by atoms with Crippen molar-refractivity contribution in [3.05, 3.63) is 216 Å². The minimum absolute atomic E-state index is 0.145. The molecule has 294 valence electrons. The number of benzene rings is 9. The number of hydrogen-bond donors (Lipinski definition) is 0. The predicted octanol–water partition coefficient (Wildman–Crippen LogP) is 15.8. The highest BCUT2D eigenvalue weighted by molar-refractivity contribution is 6.12. The standard InChI is InChI=1S/C60H44N2/c1-59(2)50-30-29-46-43-27-23-39(37-25-31-55-48(33-37)44-19-11-13-21-53(44)61(55)41-15-7-5-8-16-41)35-51(43)60(3,4)58(46)57(50)47-28-24-40(36-52(47)59)38-26-32-56-49(34-38)45-20-12-14-22-54(45)62(56)42-17-9-6-10-18-42/h5-36H,1-4H3. The molecule has 0 unspecified atom stereocenters. The van der Waals surface area contributed by atoms with Gasteiger partial charge in [0.2, 0.25) is 0 Å². The molecule has 2 aliphatic rings. The van der Waals surface area contributed by atoms with Crippen molar-refractivity contribution >= 4 is 43.6 Å². The minimum Gasteiger partial charge on any atom is -0.309 e. The maximum Gasteiger partial charge on any atom is 0.0541 e. The Morgan fingerprint density at radius 2 is 0.726 bits per heavy atom. The summed E-state index contributed by atoms with van der Waals surface area (Å²) < 4.78 is 4.79. The highest BCUT2D eigenvalue weighted by atomic mass is 15.0. The third-order valence-corrected chi connectivity index (χ3v) is 14.5. The van der Waals surface area contributed by atoms with Gasteiger partial charge in [0.25, 0.3) is 0 Å². The van der Waals surface area contributed by atoms with Crippen molar-refractivity contribution < 1.29 is 0 Å². The monoisotopic (exact) mass is 792 g/mol. The summed E-state index contributed by atoms with van der Waals surface area (Å²) >= 11 is 0. The second-order valence-corrected chi connectivity index (χ2v) is 18.5. The summed E-state index contributed by atoms with van der Waals surface area (Å²) in [6.07, 6.45) is 0. The molecular weight excluding hydrogens is 749 g/mol. The van der Waals surface area contributed by atoms with Crippen LogP contribution in [0.15, 0.2) is 194 Å². The summed E-state index contributed by atoms with van der Waals surface area (Å²) in [5, 5.41) is 5.11. The Bertz CT molecular complexity index is 3670. The fourth-order valence-corrected chi connectivity index (χ4v) is 11.5. The molecule has 0 atom stereocenters. The third-order valence-electron chi connectivity index (χ3n) is 14.5. The van der Waals surface area contributed by atoms with E-state index in [9.17, 15) is 0 Å². The maximum absolute atomic E-state index is 2.48. The van der Waals surface area contributed by atoms with Gasteiger partial charge in [0.05, 0.1) is 22.1 Å². The molecule has 0 saturated carbocycles. The van der Waals surface area contributed by atoms with Crippen molar-refractivity contribution in [2.45, 2.75) is 38.5 Å². The Morgan fingerprint density at radius 3 is 1.27 bits per heavy atom. The highest BCUT2D eigenvalue weighted by Crippen LogP contribution is 2.59. The molecule has 11 aromatic rings. The number of fused-ring (bicyclic) bond motifs is 13. The van der Waals surface area contributed by atoms with Crippen LogP contribution in [-0.2, 0) is 10.8 Å². The normalized spacial score (nSPS) is 14.4. The van der Waals surface area contributed by atoms with Gasteiger partial charge in [-0.15, -0.1) is 0 Å². The highest BCUT2D eigenvalue weighted by Gasteiger charge is 2.44. The van der Waals surface area contributed by atoms with Gasteiger partial charge in [-0.3, -0.25) is 0 Å². The number of aromatic nitrogens is 2. The summed E-state index contributed by atoms with van der Waals surface area (Å²) in [4.78, 5) is 0. The molecule has 0 N–H and O–H groups in total. The van der Waals surface area contributed by atoms with Gasteiger partial charge in [-0.25, -0.2) is 0 Å². The fraction of sp³-hybridized carbons (Fsp3) is 0.100. The average molecular weight is 793 g/mol. The van der Waals surface area contributed by atoms with Crippen LogP contribution in [0.4, 0.5) is 0 Å². The van der Waals surface area contributed by atoms with E-state index in [2.05, 4.69) is 231 Å². The lowest BCUT2D eigenvalue weighted by Crippen LogP contribution is -2.18. The van der Waals surface area contributed by atoms with E-state index in [0.717, 1.165) is 0 Å². The van der Waals surface area contributed by atoms with Crippen LogP contribution < -0.4 is 0 Å². The Kier molecular flexibility index (Phi) is 7.16. The molecule has 0 bridgehead atoms. The van der Waals surface area contributed by atoms with E-state index in [1.807, 2.05) is 0 Å². The van der Waals surface area contributed by atoms with Gasteiger partial charge in [0.1, 0.15) is 0 Å². The zero-order chi connectivity index (χ0) is 41.5. The van der Waals surface area contributed by atoms with Crippen molar-refractivity contribution in [3.8, 4) is 55.9 Å². The zero-order valence-corrected chi connectivity index (χ0v) is 35.4. The second kappa shape index (κ2) is 12.6. The average Bonchev–Trinajstić information content (AvgIpc) is 3.97. The first-order valence-electron chi connectivity index (χ1n) is 21.9. The van der Waals surface area contributed by atoms with Crippen molar-refractivity contribution in [1.29, 1.82) is 0 Å². The SMILES string of the molecule is CC1(C)c2cc(-c3ccc4c(c3)c3ccccc3n4-c3ccccc3)ccc2-c2c1ccc1c2C(C)(C)c2cc(-c3ccc4c(c3)c3ccccc3n4-c3ccccc3)ccc2-1. The van der Waals surface area contributed by atoms with E-state index in [1.165, 1.54) is 122 Å². The number of hydrogen-bond acceptors (Lipinski definition) is 0. The lowest BCUT2D eigenvalue weighted by molar-refractivity contribution is 0.648. The molecule has 0 radical (unpaired) electrons. The van der Waals surface area contributed by atoms with Gasteiger partial charge in [-0.1, -0.05) is 149 Å². The predicted molar refractivity (Wildman–Crippen MR) is 261 cm³/mol. The van der Waals surface area contributed by atoms with E-state index in [-0.39, 0.29) is 10.8 Å². The summed E-state index contributed by atoms with van der Waals surface area (Å²) in [5.74, 6) is 0. The van der Waals surface area contributed by atoms with Crippen molar-refractivity contribution in [1.82, 2.24) is 9.13 Å².